The summed E-state index contributed by atoms with van der Waals surface area (Å²) in [6.45, 7) is -2.91. The quantitative estimate of drug-likeness (QED) is 0.444. The molecule has 0 atom stereocenters. The summed E-state index contributed by atoms with van der Waals surface area (Å²) in [4.78, 5) is 24.4. The average molecular weight is 408 g/mol. The van der Waals surface area contributed by atoms with E-state index in [1.807, 2.05) is 6.07 Å². The summed E-state index contributed by atoms with van der Waals surface area (Å²) in [7, 11) is 0. The van der Waals surface area contributed by atoms with Crippen LogP contribution in [0.15, 0.2) is 78.9 Å². The third kappa shape index (κ3) is 5.51. The predicted molar refractivity (Wildman–Crippen MR) is 111 cm³/mol. The molecular formula is C23H18F2N2O3. The van der Waals surface area contributed by atoms with E-state index in [1.54, 1.807) is 60.7 Å². The van der Waals surface area contributed by atoms with Gasteiger partial charge in [-0.1, -0.05) is 48.5 Å². The number of rotatable bonds is 7. The molecule has 30 heavy (non-hydrogen) atoms. The Morgan fingerprint density at radius 1 is 0.900 bits per heavy atom. The summed E-state index contributed by atoms with van der Waals surface area (Å²) < 4.78 is 29.0. The van der Waals surface area contributed by atoms with Crippen LogP contribution in [0, 0.1) is 0 Å². The minimum atomic E-state index is -2.91. The van der Waals surface area contributed by atoms with E-state index in [2.05, 4.69) is 10.1 Å². The fraction of sp³-hybridized carbons (Fsp3) is 0.0435. The molecule has 0 unspecified atom stereocenters. The van der Waals surface area contributed by atoms with Crippen molar-refractivity contribution in [2.45, 2.75) is 6.61 Å². The highest BCUT2D eigenvalue weighted by atomic mass is 19.3. The Morgan fingerprint density at radius 2 is 1.57 bits per heavy atom. The van der Waals surface area contributed by atoms with Crippen molar-refractivity contribution in [3.8, 4) is 5.75 Å². The molecule has 0 heterocycles. The molecule has 152 valence electrons. The second-order valence-electron chi connectivity index (χ2n) is 6.27. The number of carbonyl (C=O) groups excluding carboxylic acids is 2. The minimum Gasteiger partial charge on any atom is -0.435 e. The van der Waals surface area contributed by atoms with Crippen LogP contribution in [0.1, 0.15) is 21.5 Å². The number of ether oxygens (including phenoxy) is 1. The van der Waals surface area contributed by atoms with Gasteiger partial charge in [-0.05, 0) is 47.5 Å². The van der Waals surface area contributed by atoms with Crippen molar-refractivity contribution in [1.29, 1.82) is 0 Å². The van der Waals surface area contributed by atoms with Gasteiger partial charge in [-0.15, -0.1) is 0 Å². The number of carbonyl (C=O) groups is 2. The topological polar surface area (TPSA) is 81.4 Å². The lowest BCUT2D eigenvalue weighted by Crippen LogP contribution is -2.15. The number of hydrogen-bond acceptors (Lipinski definition) is 3. The highest BCUT2D eigenvalue weighted by Crippen LogP contribution is 2.23. The van der Waals surface area contributed by atoms with Crippen molar-refractivity contribution in [2.24, 2.45) is 5.73 Å². The van der Waals surface area contributed by atoms with Crippen LogP contribution in [0.3, 0.4) is 0 Å². The maximum absolute atomic E-state index is 13.0. The van der Waals surface area contributed by atoms with E-state index in [9.17, 15) is 18.4 Å². The van der Waals surface area contributed by atoms with Crippen molar-refractivity contribution in [3.63, 3.8) is 0 Å². The van der Waals surface area contributed by atoms with E-state index >= 15 is 0 Å². The summed E-state index contributed by atoms with van der Waals surface area (Å²) in [6, 6.07) is 21.2. The SMILES string of the molecule is NC(=O)c1cccc(NC(=O)C(=Cc2ccc(OC(F)F)cc2)c2ccccc2)c1. The molecule has 0 bridgehead atoms. The first-order valence-corrected chi connectivity index (χ1v) is 8.95. The molecule has 0 saturated heterocycles. The zero-order chi connectivity index (χ0) is 21.5. The van der Waals surface area contributed by atoms with Crippen molar-refractivity contribution < 1.29 is 23.1 Å². The molecule has 5 nitrogen and oxygen atoms in total. The number of nitrogens with two attached hydrogens (primary N) is 1. The van der Waals surface area contributed by atoms with E-state index in [-0.39, 0.29) is 11.3 Å². The van der Waals surface area contributed by atoms with Crippen LogP contribution in [-0.2, 0) is 4.79 Å². The lowest BCUT2D eigenvalue weighted by atomic mass is 10.0. The molecule has 0 spiro atoms. The lowest BCUT2D eigenvalue weighted by Gasteiger charge is -2.11. The van der Waals surface area contributed by atoms with Crippen molar-refractivity contribution in [2.75, 3.05) is 5.32 Å². The molecule has 2 amide bonds. The third-order valence-electron chi connectivity index (χ3n) is 4.15. The van der Waals surface area contributed by atoms with Crippen molar-refractivity contribution >= 4 is 29.2 Å². The molecule has 0 aliphatic rings. The maximum Gasteiger partial charge on any atom is 0.387 e. The minimum absolute atomic E-state index is 0.0242. The number of anilines is 1. The molecule has 0 saturated carbocycles. The van der Waals surface area contributed by atoms with Crippen LogP contribution >= 0.6 is 0 Å². The van der Waals surface area contributed by atoms with Gasteiger partial charge in [0.1, 0.15) is 5.75 Å². The van der Waals surface area contributed by atoms with Crippen LogP contribution in [0.25, 0.3) is 11.6 Å². The van der Waals surface area contributed by atoms with Crippen LogP contribution < -0.4 is 15.8 Å². The van der Waals surface area contributed by atoms with E-state index in [0.29, 0.717) is 22.4 Å². The Hall–Kier alpha value is -4.00. The number of amides is 2. The molecule has 0 aliphatic carbocycles. The lowest BCUT2D eigenvalue weighted by molar-refractivity contribution is -0.111. The molecule has 3 rings (SSSR count). The predicted octanol–water partition coefficient (Wildman–Crippen LogP) is 4.57. The van der Waals surface area contributed by atoms with Gasteiger partial charge in [-0.3, -0.25) is 9.59 Å². The summed E-state index contributed by atoms with van der Waals surface area (Å²) >= 11 is 0. The fourth-order valence-electron chi connectivity index (χ4n) is 2.76. The first kappa shape index (κ1) is 20.7. The van der Waals surface area contributed by atoms with E-state index < -0.39 is 18.4 Å². The van der Waals surface area contributed by atoms with Crippen molar-refractivity contribution in [3.05, 3.63) is 95.6 Å². The molecule has 3 N–H and O–H groups in total. The Morgan fingerprint density at radius 3 is 2.20 bits per heavy atom. The van der Waals surface area contributed by atoms with Gasteiger partial charge in [-0.2, -0.15) is 8.78 Å². The van der Waals surface area contributed by atoms with Gasteiger partial charge < -0.3 is 15.8 Å². The number of primary amides is 1. The van der Waals surface area contributed by atoms with Crippen LogP contribution in [0.4, 0.5) is 14.5 Å². The number of hydrogen-bond donors (Lipinski definition) is 2. The van der Waals surface area contributed by atoms with E-state index in [0.717, 1.165) is 0 Å². The summed E-state index contributed by atoms with van der Waals surface area (Å²) in [5.74, 6) is -0.983. The van der Waals surface area contributed by atoms with Crippen LogP contribution in [-0.4, -0.2) is 18.4 Å². The number of alkyl halides is 2. The number of halogens is 2. The van der Waals surface area contributed by atoms with Gasteiger partial charge in [0.05, 0.1) is 0 Å². The summed E-state index contributed by atoms with van der Waals surface area (Å²) in [5.41, 5.74) is 7.61. The standard InChI is InChI=1S/C23H18F2N2O3/c24-23(25)30-19-11-9-15(10-12-19)13-20(16-5-2-1-3-6-16)22(29)27-18-8-4-7-17(14-18)21(26)28/h1-14,23H,(H2,26,28)(H,27,29). The summed E-state index contributed by atoms with van der Waals surface area (Å²) in [6.07, 6.45) is 1.63. The van der Waals surface area contributed by atoms with Gasteiger partial charge in [-0.25, -0.2) is 0 Å². The second kappa shape index (κ2) is 9.47. The molecule has 0 aliphatic heterocycles. The van der Waals surface area contributed by atoms with Gasteiger partial charge in [0, 0.05) is 16.8 Å². The molecule has 0 fully saturated rings. The molecule has 7 heteroatoms. The number of benzene rings is 3. The molecule has 0 aromatic heterocycles. The van der Waals surface area contributed by atoms with Gasteiger partial charge in [0.25, 0.3) is 5.91 Å². The van der Waals surface area contributed by atoms with Gasteiger partial charge in [0.15, 0.2) is 0 Å². The first-order valence-electron chi connectivity index (χ1n) is 8.95. The third-order valence-corrected chi connectivity index (χ3v) is 4.15. The Balaban J connectivity index is 1.91. The molecule has 3 aromatic rings. The maximum atomic E-state index is 13.0. The average Bonchev–Trinajstić information content (AvgIpc) is 2.73. The normalized spacial score (nSPS) is 11.2. The Kier molecular flexibility index (Phi) is 6.54. The highest BCUT2D eigenvalue weighted by Gasteiger charge is 2.13. The largest absolute Gasteiger partial charge is 0.435 e. The van der Waals surface area contributed by atoms with E-state index in [4.69, 9.17) is 5.73 Å². The fourth-order valence-corrected chi connectivity index (χ4v) is 2.76. The van der Waals surface area contributed by atoms with E-state index in [1.165, 1.54) is 18.2 Å². The van der Waals surface area contributed by atoms with Gasteiger partial charge >= 0.3 is 6.61 Å². The van der Waals surface area contributed by atoms with Crippen LogP contribution in [0.5, 0.6) is 5.75 Å². The Bertz CT molecular complexity index is 1070. The smallest absolute Gasteiger partial charge is 0.387 e. The second-order valence-corrected chi connectivity index (χ2v) is 6.27. The zero-order valence-electron chi connectivity index (χ0n) is 15.7. The zero-order valence-corrected chi connectivity index (χ0v) is 15.7. The molecular weight excluding hydrogens is 390 g/mol. The molecule has 3 aromatic carbocycles. The number of nitrogens with one attached hydrogen (secondary N) is 1. The molecule has 0 radical (unpaired) electrons. The Labute approximate surface area is 171 Å². The van der Waals surface area contributed by atoms with Gasteiger partial charge in [0.2, 0.25) is 5.91 Å². The van der Waals surface area contributed by atoms with Crippen LogP contribution in [0.2, 0.25) is 0 Å². The summed E-state index contributed by atoms with van der Waals surface area (Å²) in [5, 5.41) is 2.75. The monoisotopic (exact) mass is 408 g/mol. The van der Waals surface area contributed by atoms with Crippen molar-refractivity contribution in [1.82, 2.24) is 0 Å². The first-order chi connectivity index (χ1) is 14.4. The highest BCUT2D eigenvalue weighted by molar-refractivity contribution is 6.29.